The summed E-state index contributed by atoms with van der Waals surface area (Å²) < 4.78 is 1.18. The fourth-order valence-electron chi connectivity index (χ4n) is 2.80. The highest BCUT2D eigenvalue weighted by atomic mass is 79.9. The molecule has 0 radical (unpaired) electrons. The first-order valence-electron chi connectivity index (χ1n) is 5.59. The summed E-state index contributed by atoms with van der Waals surface area (Å²) >= 11 is 3.66. The Hall–Kier alpha value is -0.340. The summed E-state index contributed by atoms with van der Waals surface area (Å²) in [5.74, 6) is 0. The van der Waals surface area contributed by atoms with Gasteiger partial charge in [0, 0.05) is 10.0 Å². The van der Waals surface area contributed by atoms with Gasteiger partial charge in [0.05, 0.1) is 0 Å². The molecule has 0 aliphatic heterocycles. The van der Waals surface area contributed by atoms with Crippen LogP contribution in [0.4, 0.5) is 0 Å². The van der Waals surface area contributed by atoms with Crippen molar-refractivity contribution in [1.82, 2.24) is 0 Å². The van der Waals surface area contributed by atoms with Crippen molar-refractivity contribution in [2.45, 2.75) is 45.1 Å². The van der Waals surface area contributed by atoms with Crippen molar-refractivity contribution >= 4 is 15.9 Å². The third-order valence-electron chi connectivity index (χ3n) is 3.43. The van der Waals surface area contributed by atoms with Crippen LogP contribution in [0.2, 0.25) is 0 Å². The van der Waals surface area contributed by atoms with E-state index in [9.17, 15) is 0 Å². The van der Waals surface area contributed by atoms with Gasteiger partial charge in [-0.1, -0.05) is 34.8 Å². The van der Waals surface area contributed by atoms with Crippen molar-refractivity contribution < 1.29 is 0 Å². The molecule has 1 saturated carbocycles. The molecular formula is C13H18BrN. The second-order valence-corrected chi connectivity index (χ2v) is 5.66. The largest absolute Gasteiger partial charge is 0.321 e. The number of halogens is 1. The molecule has 1 aromatic carbocycles. The molecule has 15 heavy (non-hydrogen) atoms. The molecule has 1 nitrogen and oxygen atoms in total. The van der Waals surface area contributed by atoms with E-state index < -0.39 is 0 Å². The highest BCUT2D eigenvalue weighted by Gasteiger charge is 2.33. The van der Waals surface area contributed by atoms with E-state index in [1.807, 2.05) is 0 Å². The molecule has 0 saturated heterocycles. The van der Waals surface area contributed by atoms with Gasteiger partial charge in [-0.2, -0.15) is 0 Å². The third-order valence-corrected chi connectivity index (χ3v) is 4.05. The van der Waals surface area contributed by atoms with E-state index in [1.54, 1.807) is 0 Å². The molecule has 0 heterocycles. The number of hydrogen-bond donors (Lipinski definition) is 1. The predicted octanol–water partition coefficient (Wildman–Crippen LogP) is 3.79. The van der Waals surface area contributed by atoms with Gasteiger partial charge >= 0.3 is 0 Å². The maximum atomic E-state index is 6.50. The lowest BCUT2D eigenvalue weighted by Crippen LogP contribution is -2.34. The molecule has 82 valence electrons. The molecule has 0 unspecified atom stereocenters. The van der Waals surface area contributed by atoms with Crippen molar-refractivity contribution in [3.8, 4) is 0 Å². The van der Waals surface area contributed by atoms with Gasteiger partial charge in [0.25, 0.3) is 0 Å². The van der Waals surface area contributed by atoms with Crippen LogP contribution in [0.3, 0.4) is 0 Å². The van der Waals surface area contributed by atoms with E-state index in [1.165, 1.54) is 34.0 Å². The highest BCUT2D eigenvalue weighted by Crippen LogP contribution is 2.41. The lowest BCUT2D eigenvalue weighted by Gasteiger charge is -2.28. The minimum absolute atomic E-state index is 0.0867. The first-order chi connectivity index (χ1) is 7.03. The molecule has 0 amide bonds. The average molecular weight is 268 g/mol. The molecule has 1 fully saturated rings. The average Bonchev–Trinajstić information content (AvgIpc) is 2.50. The van der Waals surface area contributed by atoms with Crippen LogP contribution in [-0.4, -0.2) is 0 Å². The Balaban J connectivity index is 2.52. The Labute approximate surface area is 100 Å². The topological polar surface area (TPSA) is 26.0 Å². The maximum absolute atomic E-state index is 6.50. The normalized spacial score (nSPS) is 19.5. The molecule has 0 spiro atoms. The number of benzene rings is 1. The van der Waals surface area contributed by atoms with Crippen LogP contribution in [-0.2, 0) is 5.54 Å². The van der Waals surface area contributed by atoms with E-state index in [0.29, 0.717) is 0 Å². The number of nitrogens with two attached hydrogens (primary N) is 1. The van der Waals surface area contributed by atoms with Gasteiger partial charge in [-0.05, 0) is 49.4 Å². The summed E-state index contributed by atoms with van der Waals surface area (Å²) in [6.07, 6.45) is 4.76. The SMILES string of the molecule is Cc1cc(C)c(C2(N)CCCC2)c(Br)c1. The van der Waals surface area contributed by atoms with Gasteiger partial charge in [0.2, 0.25) is 0 Å². The lowest BCUT2D eigenvalue weighted by molar-refractivity contribution is 0.457. The molecule has 1 aromatic rings. The van der Waals surface area contributed by atoms with Crippen LogP contribution < -0.4 is 5.73 Å². The zero-order chi connectivity index (χ0) is 11.1. The standard InChI is InChI=1S/C13H18BrN/c1-9-7-10(2)12(11(14)8-9)13(15)5-3-4-6-13/h7-8H,3-6,15H2,1-2H3. The number of rotatable bonds is 1. The molecule has 0 atom stereocenters. The second-order valence-electron chi connectivity index (χ2n) is 4.80. The molecular weight excluding hydrogens is 250 g/mol. The summed E-state index contributed by atoms with van der Waals surface area (Å²) in [7, 11) is 0. The van der Waals surface area contributed by atoms with Crippen molar-refractivity contribution in [2.24, 2.45) is 5.73 Å². The number of aryl methyl sites for hydroxylation is 2. The van der Waals surface area contributed by atoms with Crippen LogP contribution in [0, 0.1) is 13.8 Å². The van der Waals surface area contributed by atoms with Crippen LogP contribution in [0.15, 0.2) is 16.6 Å². The molecule has 0 aromatic heterocycles. The van der Waals surface area contributed by atoms with Crippen molar-refractivity contribution in [2.75, 3.05) is 0 Å². The van der Waals surface area contributed by atoms with E-state index in [0.717, 1.165) is 12.8 Å². The molecule has 2 N–H and O–H groups in total. The molecule has 2 heteroatoms. The number of hydrogen-bond acceptors (Lipinski definition) is 1. The minimum Gasteiger partial charge on any atom is -0.321 e. The lowest BCUT2D eigenvalue weighted by atomic mass is 9.86. The second kappa shape index (κ2) is 3.91. The van der Waals surface area contributed by atoms with Crippen molar-refractivity contribution in [1.29, 1.82) is 0 Å². The zero-order valence-electron chi connectivity index (χ0n) is 9.44. The fourth-order valence-corrected chi connectivity index (χ4v) is 3.87. The van der Waals surface area contributed by atoms with Crippen LogP contribution in [0.5, 0.6) is 0 Å². The Morgan fingerprint density at radius 1 is 1.20 bits per heavy atom. The Bertz CT molecular complexity index is 355. The van der Waals surface area contributed by atoms with Crippen molar-refractivity contribution in [3.63, 3.8) is 0 Å². The molecule has 2 rings (SSSR count). The third kappa shape index (κ3) is 1.98. The van der Waals surface area contributed by atoms with Gasteiger partial charge < -0.3 is 5.73 Å². The smallest absolute Gasteiger partial charge is 0.0423 e. The van der Waals surface area contributed by atoms with E-state index in [4.69, 9.17) is 5.73 Å². The van der Waals surface area contributed by atoms with Gasteiger partial charge in [0.1, 0.15) is 0 Å². The molecule has 1 aliphatic rings. The van der Waals surface area contributed by atoms with Gasteiger partial charge in [-0.15, -0.1) is 0 Å². The quantitative estimate of drug-likeness (QED) is 0.823. The van der Waals surface area contributed by atoms with E-state index in [2.05, 4.69) is 41.9 Å². The Morgan fingerprint density at radius 2 is 1.80 bits per heavy atom. The minimum atomic E-state index is -0.0867. The summed E-state index contributed by atoms with van der Waals surface area (Å²) in [6.45, 7) is 4.29. The van der Waals surface area contributed by atoms with Crippen molar-refractivity contribution in [3.05, 3.63) is 33.3 Å². The summed E-state index contributed by atoms with van der Waals surface area (Å²) in [6, 6.07) is 4.41. The van der Waals surface area contributed by atoms with E-state index >= 15 is 0 Å². The fraction of sp³-hybridized carbons (Fsp3) is 0.538. The maximum Gasteiger partial charge on any atom is 0.0423 e. The first-order valence-corrected chi connectivity index (χ1v) is 6.38. The zero-order valence-corrected chi connectivity index (χ0v) is 11.0. The molecule has 0 bridgehead atoms. The van der Waals surface area contributed by atoms with Gasteiger partial charge in [-0.3, -0.25) is 0 Å². The van der Waals surface area contributed by atoms with Crippen LogP contribution in [0.25, 0.3) is 0 Å². The predicted molar refractivity (Wildman–Crippen MR) is 67.9 cm³/mol. The van der Waals surface area contributed by atoms with Gasteiger partial charge in [0.15, 0.2) is 0 Å². The Kier molecular flexibility index (Phi) is 2.91. The van der Waals surface area contributed by atoms with E-state index in [-0.39, 0.29) is 5.54 Å². The highest BCUT2D eigenvalue weighted by molar-refractivity contribution is 9.10. The Morgan fingerprint density at radius 3 is 2.33 bits per heavy atom. The van der Waals surface area contributed by atoms with Crippen LogP contribution in [0.1, 0.15) is 42.4 Å². The summed E-state index contributed by atoms with van der Waals surface area (Å²) in [5.41, 5.74) is 10.4. The summed E-state index contributed by atoms with van der Waals surface area (Å²) in [4.78, 5) is 0. The molecule has 1 aliphatic carbocycles. The monoisotopic (exact) mass is 267 g/mol. The van der Waals surface area contributed by atoms with Crippen LogP contribution >= 0.6 is 15.9 Å². The first kappa shape index (κ1) is 11.2. The summed E-state index contributed by atoms with van der Waals surface area (Å²) in [5, 5.41) is 0. The van der Waals surface area contributed by atoms with Gasteiger partial charge in [-0.25, -0.2) is 0 Å².